The van der Waals surface area contributed by atoms with Crippen molar-refractivity contribution in [3.05, 3.63) is 60.2 Å². The number of hydrogen-bond donors (Lipinski definition) is 5. The van der Waals surface area contributed by atoms with Gasteiger partial charge in [0.2, 0.25) is 0 Å². The van der Waals surface area contributed by atoms with Crippen molar-refractivity contribution in [2.24, 2.45) is 0 Å². The number of carbonyl (C=O) groups is 4. The minimum Gasteiger partial charge on any atom is -0.497 e. The van der Waals surface area contributed by atoms with Crippen molar-refractivity contribution in [2.75, 3.05) is 51.7 Å². The van der Waals surface area contributed by atoms with Gasteiger partial charge in [0.15, 0.2) is 0 Å². The maximum Gasteiger partial charge on any atom is 0.414 e. The van der Waals surface area contributed by atoms with Crippen LogP contribution in [0.5, 0.6) is 5.75 Å². The maximum atomic E-state index is 9.10. The normalized spacial score (nSPS) is 13.9. The first kappa shape index (κ1) is 31.9. The van der Waals surface area contributed by atoms with Crippen molar-refractivity contribution < 1.29 is 44.3 Å². The second-order valence-corrected chi connectivity index (χ2v) is 8.37. The van der Waals surface area contributed by atoms with Gasteiger partial charge < -0.3 is 35.4 Å². The van der Waals surface area contributed by atoms with Gasteiger partial charge in [-0.3, -0.25) is 4.90 Å². The van der Waals surface area contributed by atoms with Crippen LogP contribution in [0.3, 0.4) is 0 Å². The van der Waals surface area contributed by atoms with Crippen LogP contribution in [0.15, 0.2) is 54.6 Å². The molecule has 0 saturated carbocycles. The SMILES string of the molecule is COc1ccc(NC(C)CN2CCN(CCc3ccccc3)CC2)cc1.O=C(O)C(=O)O.O=C(O)C(=O)O. The van der Waals surface area contributed by atoms with Crippen LogP contribution in [-0.4, -0.2) is 107 Å². The molecule has 1 saturated heterocycles. The Bertz CT molecular complexity index is 960. The molecule has 208 valence electrons. The van der Waals surface area contributed by atoms with Crippen molar-refractivity contribution in [3.63, 3.8) is 0 Å². The number of benzene rings is 2. The molecule has 1 atom stereocenters. The van der Waals surface area contributed by atoms with E-state index in [-0.39, 0.29) is 0 Å². The Morgan fingerprint density at radius 1 is 0.789 bits per heavy atom. The highest BCUT2D eigenvalue weighted by Gasteiger charge is 2.18. The van der Waals surface area contributed by atoms with Gasteiger partial charge in [-0.2, -0.15) is 0 Å². The van der Waals surface area contributed by atoms with Gasteiger partial charge in [-0.25, -0.2) is 19.2 Å². The van der Waals surface area contributed by atoms with Crippen LogP contribution in [0, 0.1) is 0 Å². The van der Waals surface area contributed by atoms with Crippen LogP contribution in [0.4, 0.5) is 5.69 Å². The predicted molar refractivity (Wildman–Crippen MR) is 140 cm³/mol. The molecule has 0 aromatic heterocycles. The van der Waals surface area contributed by atoms with Crippen molar-refractivity contribution >= 4 is 29.6 Å². The molecule has 1 aliphatic heterocycles. The summed E-state index contributed by atoms with van der Waals surface area (Å²) in [6.45, 7) is 9.15. The summed E-state index contributed by atoms with van der Waals surface area (Å²) in [6, 6.07) is 19.4. The number of nitrogens with one attached hydrogen (secondary N) is 1. The molecule has 0 radical (unpaired) electrons. The van der Waals surface area contributed by atoms with E-state index in [4.69, 9.17) is 44.3 Å². The number of rotatable bonds is 8. The molecule has 0 bridgehead atoms. The molecule has 12 heteroatoms. The van der Waals surface area contributed by atoms with Gasteiger partial charge in [0, 0.05) is 51.0 Å². The Hall–Kier alpha value is -4.16. The molecule has 0 amide bonds. The summed E-state index contributed by atoms with van der Waals surface area (Å²) in [7, 11) is 1.70. The summed E-state index contributed by atoms with van der Waals surface area (Å²) in [4.78, 5) is 41.6. The van der Waals surface area contributed by atoms with E-state index >= 15 is 0 Å². The van der Waals surface area contributed by atoms with Crippen LogP contribution in [0.25, 0.3) is 0 Å². The highest BCUT2D eigenvalue weighted by atomic mass is 16.5. The maximum absolute atomic E-state index is 9.10. The van der Waals surface area contributed by atoms with Crippen LogP contribution >= 0.6 is 0 Å². The van der Waals surface area contributed by atoms with Gasteiger partial charge in [0.1, 0.15) is 5.75 Å². The highest BCUT2D eigenvalue weighted by Crippen LogP contribution is 2.16. The molecule has 38 heavy (non-hydrogen) atoms. The van der Waals surface area contributed by atoms with E-state index in [0.717, 1.165) is 44.0 Å². The number of methoxy groups -OCH3 is 1. The lowest BCUT2D eigenvalue weighted by atomic mass is 10.1. The predicted octanol–water partition coefficient (Wildman–Crippen LogP) is 1.67. The van der Waals surface area contributed by atoms with E-state index in [0.29, 0.717) is 6.04 Å². The van der Waals surface area contributed by atoms with E-state index in [9.17, 15) is 0 Å². The van der Waals surface area contributed by atoms with Crippen LogP contribution in [0.1, 0.15) is 12.5 Å². The molecule has 2 aromatic rings. The Morgan fingerprint density at radius 3 is 1.71 bits per heavy atom. The third-order valence-electron chi connectivity index (χ3n) is 5.43. The zero-order valence-electron chi connectivity index (χ0n) is 21.4. The second-order valence-electron chi connectivity index (χ2n) is 8.37. The van der Waals surface area contributed by atoms with Gasteiger partial charge in [-0.1, -0.05) is 30.3 Å². The summed E-state index contributed by atoms with van der Waals surface area (Å²) in [5.41, 5.74) is 2.59. The smallest absolute Gasteiger partial charge is 0.414 e. The number of carboxylic acids is 4. The minimum absolute atomic E-state index is 0.430. The monoisotopic (exact) mass is 533 g/mol. The standard InChI is InChI=1S/C22H31N3O.2C2H2O4/c1-19(23-21-8-10-22(26-2)11-9-21)18-25-16-14-24(15-17-25)13-12-20-6-4-3-5-7-20;2*3-1(4)2(5)6/h3-11,19,23H,12-18H2,1-2H3;2*(H,3,4)(H,5,6). The molecule has 1 aliphatic rings. The fourth-order valence-corrected chi connectivity index (χ4v) is 3.53. The van der Waals surface area contributed by atoms with Gasteiger partial charge in [0.25, 0.3) is 0 Å². The first-order valence-electron chi connectivity index (χ1n) is 11.8. The average Bonchev–Trinajstić information content (AvgIpc) is 2.90. The number of hydrogen-bond acceptors (Lipinski definition) is 8. The van der Waals surface area contributed by atoms with Crippen molar-refractivity contribution in [2.45, 2.75) is 19.4 Å². The third-order valence-corrected chi connectivity index (χ3v) is 5.43. The lowest BCUT2D eigenvalue weighted by Gasteiger charge is -2.36. The topological polar surface area (TPSA) is 177 Å². The Morgan fingerprint density at radius 2 is 1.26 bits per heavy atom. The van der Waals surface area contributed by atoms with Crippen LogP contribution < -0.4 is 10.1 Å². The molecule has 5 N–H and O–H groups in total. The lowest BCUT2D eigenvalue weighted by Crippen LogP contribution is -2.49. The number of anilines is 1. The Labute approximate surface area is 221 Å². The fourth-order valence-electron chi connectivity index (χ4n) is 3.53. The summed E-state index contributed by atoms with van der Waals surface area (Å²) in [5, 5.41) is 33.2. The van der Waals surface area contributed by atoms with Gasteiger partial charge in [-0.15, -0.1) is 0 Å². The fraction of sp³-hybridized carbons (Fsp3) is 0.385. The molecule has 0 spiro atoms. The van der Waals surface area contributed by atoms with Crippen molar-refractivity contribution in [1.82, 2.24) is 9.80 Å². The first-order chi connectivity index (χ1) is 18.0. The van der Waals surface area contributed by atoms with E-state index in [2.05, 4.69) is 64.5 Å². The largest absolute Gasteiger partial charge is 0.497 e. The minimum atomic E-state index is -1.82. The average molecular weight is 534 g/mol. The van der Waals surface area contributed by atoms with Gasteiger partial charge in [-0.05, 0) is 43.2 Å². The molecular formula is C26H35N3O9. The molecule has 3 rings (SSSR count). The van der Waals surface area contributed by atoms with E-state index in [1.807, 2.05) is 12.1 Å². The zero-order valence-corrected chi connectivity index (χ0v) is 21.4. The number of nitrogens with zero attached hydrogens (tertiary/aromatic N) is 2. The highest BCUT2D eigenvalue weighted by molar-refractivity contribution is 6.27. The van der Waals surface area contributed by atoms with Crippen molar-refractivity contribution in [3.8, 4) is 5.75 Å². The quantitative estimate of drug-likeness (QED) is 0.311. The van der Waals surface area contributed by atoms with Crippen molar-refractivity contribution in [1.29, 1.82) is 0 Å². The Kier molecular flexibility index (Phi) is 14.5. The van der Waals surface area contributed by atoms with Gasteiger partial charge in [0.05, 0.1) is 7.11 Å². The number of aliphatic carboxylic acids is 4. The molecule has 0 aliphatic carbocycles. The number of ether oxygens (including phenoxy) is 1. The first-order valence-corrected chi connectivity index (χ1v) is 11.8. The molecule has 2 aromatic carbocycles. The molecule has 12 nitrogen and oxygen atoms in total. The summed E-state index contributed by atoms with van der Waals surface area (Å²) in [6.07, 6.45) is 1.15. The summed E-state index contributed by atoms with van der Waals surface area (Å²) >= 11 is 0. The lowest BCUT2D eigenvalue weighted by molar-refractivity contribution is -0.159. The number of piperazine rings is 1. The molecular weight excluding hydrogens is 498 g/mol. The van der Waals surface area contributed by atoms with Crippen LogP contribution in [0.2, 0.25) is 0 Å². The number of carboxylic acid groups (broad SMARTS) is 4. The summed E-state index contributed by atoms with van der Waals surface area (Å²) < 4.78 is 5.21. The van der Waals surface area contributed by atoms with E-state index in [1.165, 1.54) is 18.7 Å². The Balaban J connectivity index is 0.000000503. The van der Waals surface area contributed by atoms with E-state index in [1.54, 1.807) is 7.11 Å². The summed E-state index contributed by atoms with van der Waals surface area (Å²) in [5.74, 6) is -6.40. The zero-order chi connectivity index (χ0) is 28.5. The van der Waals surface area contributed by atoms with Crippen LogP contribution in [-0.2, 0) is 25.6 Å². The molecule has 1 unspecified atom stereocenters. The molecule has 1 fully saturated rings. The second kappa shape index (κ2) is 17.3. The third kappa shape index (κ3) is 13.8. The van der Waals surface area contributed by atoms with E-state index < -0.39 is 23.9 Å². The molecule has 1 heterocycles. The van der Waals surface area contributed by atoms with Gasteiger partial charge >= 0.3 is 23.9 Å².